The van der Waals surface area contributed by atoms with Gasteiger partial charge in [-0.2, -0.15) is 0 Å². The second-order valence-electron chi connectivity index (χ2n) is 7.14. The summed E-state index contributed by atoms with van der Waals surface area (Å²) >= 11 is 0. The number of rotatable bonds is 6. The Bertz CT molecular complexity index is 316. The minimum absolute atomic E-state index is 0.0854. The predicted octanol–water partition coefficient (Wildman–Crippen LogP) is 2.69. The molecule has 0 radical (unpaired) electrons. The lowest BCUT2D eigenvalue weighted by Crippen LogP contribution is -2.78. The summed E-state index contributed by atoms with van der Waals surface area (Å²) in [6.07, 6.45) is 5.01. The number of ether oxygens (including phenoxy) is 1. The highest BCUT2D eigenvalue weighted by atomic mass is 16.5. The van der Waals surface area contributed by atoms with Gasteiger partial charge in [0, 0.05) is 35.6 Å². The van der Waals surface area contributed by atoms with Crippen LogP contribution < -0.4 is 11.1 Å². The van der Waals surface area contributed by atoms with Crippen LogP contribution in [-0.4, -0.2) is 30.3 Å². The third-order valence-corrected chi connectivity index (χ3v) is 6.45. The van der Waals surface area contributed by atoms with Gasteiger partial charge in [-0.1, -0.05) is 34.6 Å². The summed E-state index contributed by atoms with van der Waals surface area (Å²) in [6.45, 7) is 13.2. The molecule has 2 fully saturated rings. The van der Waals surface area contributed by atoms with Crippen molar-refractivity contribution in [3.05, 3.63) is 0 Å². The van der Waals surface area contributed by atoms with Crippen LogP contribution in [0.5, 0.6) is 0 Å². The van der Waals surface area contributed by atoms with Crippen molar-refractivity contribution in [3.63, 3.8) is 0 Å². The van der Waals surface area contributed by atoms with E-state index in [1.165, 1.54) is 19.3 Å². The normalized spacial score (nSPS) is 36.9. The van der Waals surface area contributed by atoms with Crippen LogP contribution in [0.15, 0.2) is 0 Å². The second kappa shape index (κ2) is 5.01. The first-order chi connectivity index (χ1) is 8.87. The Morgan fingerprint density at radius 3 is 2.32 bits per heavy atom. The van der Waals surface area contributed by atoms with E-state index in [0.717, 1.165) is 19.6 Å². The summed E-state index contributed by atoms with van der Waals surface area (Å²) in [6, 6.07) is 0. The Kier molecular flexibility index (Phi) is 4.03. The number of fused-ring (bicyclic) bond motifs is 1. The van der Waals surface area contributed by atoms with Crippen LogP contribution >= 0.6 is 0 Å². The van der Waals surface area contributed by atoms with E-state index in [0.29, 0.717) is 12.0 Å². The predicted molar refractivity (Wildman–Crippen MR) is 80.2 cm³/mol. The zero-order valence-electron chi connectivity index (χ0n) is 13.4. The van der Waals surface area contributed by atoms with E-state index in [4.69, 9.17) is 10.5 Å². The Balaban J connectivity index is 2.06. The Hall–Kier alpha value is -0.120. The Morgan fingerprint density at radius 2 is 1.79 bits per heavy atom. The standard InChI is InChI=1S/C16H32N2O/c1-6-15(7-2,8-3)18-11-16(17)12-9-10-19-13(12)14(16,4)5/h12-13,18H,6-11,17H2,1-5H3. The molecule has 0 spiro atoms. The number of hydrogen-bond acceptors (Lipinski definition) is 3. The highest BCUT2D eigenvalue weighted by Gasteiger charge is 2.67. The van der Waals surface area contributed by atoms with E-state index in [-0.39, 0.29) is 16.5 Å². The Morgan fingerprint density at radius 1 is 1.21 bits per heavy atom. The van der Waals surface area contributed by atoms with Gasteiger partial charge in [-0.25, -0.2) is 0 Å². The van der Waals surface area contributed by atoms with E-state index < -0.39 is 0 Å². The highest BCUT2D eigenvalue weighted by molar-refractivity contribution is 5.21. The topological polar surface area (TPSA) is 47.3 Å². The van der Waals surface area contributed by atoms with Crippen LogP contribution in [-0.2, 0) is 4.74 Å². The van der Waals surface area contributed by atoms with Gasteiger partial charge in [-0.15, -0.1) is 0 Å². The molecule has 3 nitrogen and oxygen atoms in total. The van der Waals surface area contributed by atoms with Crippen molar-refractivity contribution >= 4 is 0 Å². The molecule has 1 heterocycles. The molecule has 1 aliphatic carbocycles. The van der Waals surface area contributed by atoms with Gasteiger partial charge in [0.15, 0.2) is 0 Å². The van der Waals surface area contributed by atoms with Crippen molar-refractivity contribution in [2.24, 2.45) is 17.1 Å². The van der Waals surface area contributed by atoms with Crippen molar-refractivity contribution in [2.75, 3.05) is 13.2 Å². The zero-order valence-corrected chi connectivity index (χ0v) is 13.4. The average Bonchev–Trinajstić information content (AvgIpc) is 2.89. The minimum atomic E-state index is -0.112. The first-order valence-electron chi connectivity index (χ1n) is 8.02. The molecule has 0 aromatic carbocycles. The monoisotopic (exact) mass is 268 g/mol. The van der Waals surface area contributed by atoms with Gasteiger partial charge in [0.05, 0.1) is 6.10 Å². The van der Waals surface area contributed by atoms with E-state index >= 15 is 0 Å². The lowest BCUT2D eigenvalue weighted by Gasteiger charge is -2.63. The van der Waals surface area contributed by atoms with Crippen molar-refractivity contribution in [3.8, 4) is 0 Å². The van der Waals surface area contributed by atoms with Crippen LogP contribution in [0, 0.1) is 11.3 Å². The van der Waals surface area contributed by atoms with Crippen molar-refractivity contribution in [1.82, 2.24) is 5.32 Å². The van der Waals surface area contributed by atoms with Crippen molar-refractivity contribution in [2.45, 2.75) is 77.5 Å². The molecule has 3 heteroatoms. The molecule has 3 atom stereocenters. The SMILES string of the molecule is CCC(CC)(CC)NCC1(N)C2CCOC2C1(C)C. The van der Waals surface area contributed by atoms with Gasteiger partial charge in [-0.3, -0.25) is 0 Å². The van der Waals surface area contributed by atoms with Gasteiger partial charge >= 0.3 is 0 Å². The minimum Gasteiger partial charge on any atom is -0.377 e. The molecule has 2 rings (SSSR count). The molecule has 0 amide bonds. The molecular formula is C16H32N2O. The molecule has 1 aliphatic heterocycles. The maximum Gasteiger partial charge on any atom is 0.0691 e. The van der Waals surface area contributed by atoms with Gasteiger partial charge in [0.1, 0.15) is 0 Å². The van der Waals surface area contributed by atoms with Crippen LogP contribution in [0.3, 0.4) is 0 Å². The van der Waals surface area contributed by atoms with Crippen LogP contribution in [0.2, 0.25) is 0 Å². The fourth-order valence-electron chi connectivity index (χ4n) is 4.29. The molecule has 3 N–H and O–H groups in total. The second-order valence-corrected chi connectivity index (χ2v) is 7.14. The number of nitrogens with one attached hydrogen (secondary N) is 1. The fraction of sp³-hybridized carbons (Fsp3) is 1.00. The van der Waals surface area contributed by atoms with Crippen molar-refractivity contribution < 1.29 is 4.74 Å². The van der Waals surface area contributed by atoms with E-state index in [1.807, 2.05) is 0 Å². The lowest BCUT2D eigenvalue weighted by atomic mass is 9.48. The molecule has 1 saturated heterocycles. The summed E-state index contributed by atoms with van der Waals surface area (Å²) < 4.78 is 5.87. The van der Waals surface area contributed by atoms with E-state index in [9.17, 15) is 0 Å². The van der Waals surface area contributed by atoms with Gasteiger partial charge in [0.25, 0.3) is 0 Å². The van der Waals surface area contributed by atoms with Crippen molar-refractivity contribution in [1.29, 1.82) is 0 Å². The van der Waals surface area contributed by atoms with Gasteiger partial charge in [-0.05, 0) is 25.7 Å². The summed E-state index contributed by atoms with van der Waals surface area (Å²) in [5.41, 5.74) is 7.02. The van der Waals surface area contributed by atoms with Gasteiger partial charge < -0.3 is 15.8 Å². The molecule has 0 aromatic heterocycles. The smallest absolute Gasteiger partial charge is 0.0691 e. The van der Waals surface area contributed by atoms with E-state index in [1.54, 1.807) is 0 Å². The number of hydrogen-bond donors (Lipinski definition) is 2. The first-order valence-corrected chi connectivity index (χ1v) is 8.02. The summed E-state index contributed by atoms with van der Waals surface area (Å²) in [4.78, 5) is 0. The quantitative estimate of drug-likeness (QED) is 0.778. The molecule has 112 valence electrons. The summed E-state index contributed by atoms with van der Waals surface area (Å²) in [5.74, 6) is 0.540. The van der Waals surface area contributed by atoms with Crippen LogP contribution in [0.4, 0.5) is 0 Å². The molecule has 19 heavy (non-hydrogen) atoms. The van der Waals surface area contributed by atoms with Crippen LogP contribution in [0.1, 0.15) is 60.3 Å². The maximum atomic E-state index is 6.79. The third-order valence-electron chi connectivity index (χ3n) is 6.45. The number of nitrogens with two attached hydrogens (primary N) is 1. The zero-order chi connectivity index (χ0) is 14.3. The molecule has 2 aliphatic rings. The average molecular weight is 268 g/mol. The first kappa shape index (κ1) is 15.3. The third kappa shape index (κ3) is 2.05. The fourth-order valence-corrected chi connectivity index (χ4v) is 4.29. The largest absolute Gasteiger partial charge is 0.377 e. The summed E-state index contributed by atoms with van der Waals surface area (Å²) in [5, 5.41) is 3.81. The Labute approximate surface area is 118 Å². The highest BCUT2D eigenvalue weighted by Crippen LogP contribution is 2.57. The molecular weight excluding hydrogens is 236 g/mol. The van der Waals surface area contributed by atoms with Gasteiger partial charge in [0.2, 0.25) is 0 Å². The van der Waals surface area contributed by atoms with Crippen LogP contribution in [0.25, 0.3) is 0 Å². The molecule has 0 bridgehead atoms. The molecule has 1 saturated carbocycles. The summed E-state index contributed by atoms with van der Waals surface area (Å²) in [7, 11) is 0. The maximum absolute atomic E-state index is 6.79. The van der Waals surface area contributed by atoms with E-state index in [2.05, 4.69) is 39.9 Å². The molecule has 3 unspecified atom stereocenters. The molecule has 0 aromatic rings. The lowest BCUT2D eigenvalue weighted by molar-refractivity contribution is -0.155.